The summed E-state index contributed by atoms with van der Waals surface area (Å²) in [6, 6.07) is 70.1. The molecule has 0 atom stereocenters. The average molecular weight is 713 g/mol. The summed E-state index contributed by atoms with van der Waals surface area (Å²) < 4.78 is 0. The van der Waals surface area contributed by atoms with Crippen LogP contribution in [0.4, 0.5) is 0 Å². The number of fused-ring (bicyclic) bond motifs is 14. The van der Waals surface area contributed by atoms with Crippen LogP contribution in [0.5, 0.6) is 5.75 Å². The molecule has 1 aliphatic rings. The van der Waals surface area contributed by atoms with Crippen LogP contribution in [0.3, 0.4) is 0 Å². The first-order valence-corrected chi connectivity index (χ1v) is 19.3. The van der Waals surface area contributed by atoms with Gasteiger partial charge in [0.05, 0.1) is 0 Å². The van der Waals surface area contributed by atoms with Crippen LogP contribution in [-0.4, -0.2) is 5.11 Å². The van der Waals surface area contributed by atoms with E-state index in [9.17, 15) is 5.11 Å². The number of phenols is 1. The first-order valence-electron chi connectivity index (χ1n) is 19.3. The first kappa shape index (κ1) is 32.2. The minimum atomic E-state index is 0.297. The summed E-state index contributed by atoms with van der Waals surface area (Å²) in [5.41, 5.74) is 16.7. The standard InChI is InChI=1S/C55H36O/c1-34-13-2-3-14-38(34)51-24-12-23-39(55(51)56)37-27-30-49-45-20-7-5-16-41(45)43-18-9-11-22-47(43)53-32-36(26-29-50(53)54(49)33-37)35-25-28-48-44-19-6-4-15-40(44)42-17-8-10-21-46(42)52(48)31-35/h2-33,56H,1H3. The lowest BCUT2D eigenvalue weighted by atomic mass is 9.79. The lowest BCUT2D eigenvalue weighted by Gasteiger charge is -2.24. The van der Waals surface area contributed by atoms with Crippen molar-refractivity contribution in [3.05, 3.63) is 200 Å². The Hall–Kier alpha value is -7.22. The number of para-hydroxylation sites is 1. The van der Waals surface area contributed by atoms with E-state index in [4.69, 9.17) is 0 Å². The molecule has 1 nitrogen and oxygen atoms in total. The summed E-state index contributed by atoms with van der Waals surface area (Å²) in [5.74, 6) is 0.297. The van der Waals surface area contributed by atoms with Crippen LogP contribution in [-0.2, 0) is 0 Å². The molecular weight excluding hydrogens is 677 g/mol. The van der Waals surface area contributed by atoms with Crippen molar-refractivity contribution in [2.24, 2.45) is 0 Å². The maximum Gasteiger partial charge on any atom is 0.131 e. The van der Waals surface area contributed by atoms with Crippen molar-refractivity contribution < 1.29 is 5.11 Å². The number of phenolic OH excluding ortho intramolecular Hbond substituents is 1. The van der Waals surface area contributed by atoms with Crippen LogP contribution >= 0.6 is 0 Å². The first-order chi connectivity index (χ1) is 27.6. The molecule has 1 heteroatoms. The maximum atomic E-state index is 11.9. The zero-order chi connectivity index (χ0) is 37.3. The van der Waals surface area contributed by atoms with Gasteiger partial charge in [0.2, 0.25) is 0 Å². The number of hydrogen-bond donors (Lipinski definition) is 1. The molecule has 11 rings (SSSR count). The highest BCUT2D eigenvalue weighted by molar-refractivity contribution is 6.25. The monoisotopic (exact) mass is 712 g/mol. The van der Waals surface area contributed by atoms with E-state index in [-0.39, 0.29) is 0 Å². The fraction of sp³-hybridized carbons (Fsp3) is 0.0182. The molecule has 1 aliphatic carbocycles. The predicted molar refractivity (Wildman–Crippen MR) is 237 cm³/mol. The third-order valence-corrected chi connectivity index (χ3v) is 11.9. The van der Waals surface area contributed by atoms with E-state index < -0.39 is 0 Å². The molecule has 0 heterocycles. The van der Waals surface area contributed by atoms with Crippen LogP contribution in [0.25, 0.3) is 110 Å². The Kier molecular flexibility index (Phi) is 7.30. The van der Waals surface area contributed by atoms with Crippen molar-refractivity contribution in [2.75, 3.05) is 0 Å². The molecule has 10 aromatic rings. The second-order valence-corrected chi connectivity index (χ2v) is 15.0. The van der Waals surface area contributed by atoms with E-state index in [1.54, 1.807) is 0 Å². The molecule has 56 heavy (non-hydrogen) atoms. The smallest absolute Gasteiger partial charge is 0.131 e. The normalized spacial score (nSPS) is 11.7. The minimum absolute atomic E-state index is 0.297. The summed E-state index contributed by atoms with van der Waals surface area (Å²) in [5, 5.41) is 19.5. The van der Waals surface area contributed by atoms with Gasteiger partial charge in [0, 0.05) is 11.1 Å². The number of hydrogen-bond acceptors (Lipinski definition) is 1. The van der Waals surface area contributed by atoms with Gasteiger partial charge in [-0.2, -0.15) is 0 Å². The third kappa shape index (κ3) is 4.95. The Labute approximate surface area is 326 Å². The highest BCUT2D eigenvalue weighted by Gasteiger charge is 2.24. The second kappa shape index (κ2) is 12.7. The molecule has 0 unspecified atom stereocenters. The van der Waals surface area contributed by atoms with Crippen molar-refractivity contribution in [3.8, 4) is 83.6 Å². The van der Waals surface area contributed by atoms with Crippen LogP contribution < -0.4 is 0 Å². The molecule has 262 valence electrons. The summed E-state index contributed by atoms with van der Waals surface area (Å²) in [4.78, 5) is 0. The van der Waals surface area contributed by atoms with E-state index in [1.807, 2.05) is 24.3 Å². The van der Waals surface area contributed by atoms with Crippen molar-refractivity contribution in [1.82, 2.24) is 0 Å². The summed E-state index contributed by atoms with van der Waals surface area (Å²) >= 11 is 0. The molecule has 0 saturated heterocycles. The minimum Gasteiger partial charge on any atom is -0.507 e. The van der Waals surface area contributed by atoms with Crippen molar-refractivity contribution in [2.45, 2.75) is 6.92 Å². The van der Waals surface area contributed by atoms with Gasteiger partial charge in [-0.1, -0.05) is 176 Å². The van der Waals surface area contributed by atoms with Gasteiger partial charge in [-0.05, 0) is 130 Å². The Morgan fingerprint density at radius 3 is 1.23 bits per heavy atom. The summed E-state index contributed by atoms with van der Waals surface area (Å²) in [7, 11) is 0. The molecule has 0 bridgehead atoms. The lowest BCUT2D eigenvalue weighted by Crippen LogP contribution is -1.98. The van der Waals surface area contributed by atoms with E-state index in [2.05, 4.69) is 177 Å². The number of benzene rings is 10. The number of rotatable bonds is 3. The van der Waals surface area contributed by atoms with E-state index >= 15 is 0 Å². The van der Waals surface area contributed by atoms with Crippen LogP contribution in [0, 0.1) is 6.92 Å². The topological polar surface area (TPSA) is 20.2 Å². The fourth-order valence-corrected chi connectivity index (χ4v) is 9.21. The van der Waals surface area contributed by atoms with Crippen molar-refractivity contribution >= 4 is 32.3 Å². The molecule has 10 aromatic carbocycles. The number of aryl methyl sites for hydroxylation is 1. The Bertz CT molecular complexity index is 3190. The van der Waals surface area contributed by atoms with Gasteiger partial charge >= 0.3 is 0 Å². The zero-order valence-corrected chi connectivity index (χ0v) is 30.9. The molecule has 0 aliphatic heterocycles. The van der Waals surface area contributed by atoms with Gasteiger partial charge in [0.1, 0.15) is 5.75 Å². The van der Waals surface area contributed by atoms with Crippen molar-refractivity contribution in [3.63, 3.8) is 0 Å². The zero-order valence-electron chi connectivity index (χ0n) is 30.9. The molecule has 0 amide bonds. The molecular formula is C55H36O. The Balaban J connectivity index is 1.15. The summed E-state index contributed by atoms with van der Waals surface area (Å²) in [6.07, 6.45) is 0. The third-order valence-electron chi connectivity index (χ3n) is 11.9. The van der Waals surface area contributed by atoms with Gasteiger partial charge in [-0.3, -0.25) is 0 Å². The predicted octanol–water partition coefficient (Wildman–Crippen LogP) is 15.1. The highest BCUT2D eigenvalue weighted by atomic mass is 16.3. The van der Waals surface area contributed by atoms with Crippen LogP contribution in [0.1, 0.15) is 5.56 Å². The van der Waals surface area contributed by atoms with E-state index in [0.29, 0.717) is 5.75 Å². The summed E-state index contributed by atoms with van der Waals surface area (Å²) in [6.45, 7) is 2.09. The van der Waals surface area contributed by atoms with Gasteiger partial charge in [0.15, 0.2) is 0 Å². The average Bonchev–Trinajstić information content (AvgIpc) is 3.26. The number of aromatic hydroxyl groups is 1. The molecule has 0 radical (unpaired) electrons. The maximum absolute atomic E-state index is 11.9. The molecule has 0 aromatic heterocycles. The Morgan fingerprint density at radius 2 is 0.625 bits per heavy atom. The van der Waals surface area contributed by atoms with E-state index in [1.165, 1.54) is 82.4 Å². The van der Waals surface area contributed by atoms with Gasteiger partial charge in [-0.15, -0.1) is 0 Å². The Morgan fingerprint density at radius 1 is 0.250 bits per heavy atom. The van der Waals surface area contributed by atoms with Crippen molar-refractivity contribution in [1.29, 1.82) is 0 Å². The fourth-order valence-electron chi connectivity index (χ4n) is 9.21. The van der Waals surface area contributed by atoms with Crippen LogP contribution in [0.15, 0.2) is 194 Å². The quantitative estimate of drug-likeness (QED) is 0.181. The van der Waals surface area contributed by atoms with Crippen LogP contribution in [0.2, 0.25) is 0 Å². The molecule has 0 fully saturated rings. The molecule has 0 spiro atoms. The lowest BCUT2D eigenvalue weighted by molar-refractivity contribution is 0.479. The molecule has 0 saturated carbocycles. The second-order valence-electron chi connectivity index (χ2n) is 15.0. The van der Waals surface area contributed by atoms with Gasteiger partial charge in [0.25, 0.3) is 0 Å². The SMILES string of the molecule is Cc1ccccc1-c1cccc(-c2ccc3c(c2)-c2ccc(-c4ccc5c6ccccc6c6ccccc6c5c4)cc2-c2ccccc2-c2ccccc2-3)c1O. The van der Waals surface area contributed by atoms with Gasteiger partial charge < -0.3 is 5.11 Å². The highest BCUT2D eigenvalue weighted by Crippen LogP contribution is 2.50. The largest absolute Gasteiger partial charge is 0.507 e. The van der Waals surface area contributed by atoms with Gasteiger partial charge in [-0.25, -0.2) is 0 Å². The molecule has 1 N–H and O–H groups in total. The van der Waals surface area contributed by atoms with E-state index in [0.717, 1.165) is 33.4 Å².